The van der Waals surface area contributed by atoms with Crippen LogP contribution in [0.2, 0.25) is 0 Å². The Morgan fingerprint density at radius 2 is 2.00 bits per heavy atom. The molecule has 4 rings (SSSR count). The number of hydrogen-bond acceptors (Lipinski definition) is 6. The largest absolute Gasteiger partial charge is 0.497 e. The Hall–Kier alpha value is -3.17. The fraction of sp³-hybridized carbons (Fsp3) is 0.200. The Balaban J connectivity index is 1.66. The van der Waals surface area contributed by atoms with Crippen LogP contribution in [0, 0.1) is 6.92 Å². The third kappa shape index (κ3) is 3.50. The summed E-state index contributed by atoms with van der Waals surface area (Å²) in [6.45, 7) is 2.15. The van der Waals surface area contributed by atoms with Gasteiger partial charge in [-0.15, -0.1) is 0 Å². The molecule has 3 aromatic rings. The first-order chi connectivity index (χ1) is 13.9. The molecule has 1 unspecified atom stereocenters. The number of nitrogens with one attached hydrogen (secondary N) is 3. The molecule has 0 aliphatic carbocycles. The number of aromatic nitrogens is 2. The van der Waals surface area contributed by atoms with Crippen LogP contribution in [0.5, 0.6) is 5.75 Å². The van der Waals surface area contributed by atoms with Gasteiger partial charge < -0.3 is 10.1 Å². The maximum absolute atomic E-state index is 13.2. The smallest absolute Gasteiger partial charge is 0.257 e. The molecule has 0 saturated heterocycles. The van der Waals surface area contributed by atoms with Crippen LogP contribution >= 0.6 is 0 Å². The lowest BCUT2D eigenvalue weighted by Crippen LogP contribution is -2.24. The van der Waals surface area contributed by atoms with Gasteiger partial charge in [0, 0.05) is 12.1 Å². The van der Waals surface area contributed by atoms with Crippen LogP contribution in [0.1, 0.15) is 32.6 Å². The summed E-state index contributed by atoms with van der Waals surface area (Å²) < 4.78 is 31.6. The van der Waals surface area contributed by atoms with Gasteiger partial charge in [0.1, 0.15) is 11.1 Å². The normalized spacial score (nSPS) is 15.7. The average molecular weight is 412 g/mol. The number of rotatable bonds is 5. The molecule has 8 nitrogen and oxygen atoms in total. The predicted molar refractivity (Wildman–Crippen MR) is 107 cm³/mol. The molecule has 0 bridgehead atoms. The van der Waals surface area contributed by atoms with E-state index in [-0.39, 0.29) is 10.7 Å². The molecule has 3 N–H and O–H groups in total. The molecule has 0 radical (unpaired) electrons. The van der Waals surface area contributed by atoms with Crippen molar-refractivity contribution in [2.24, 2.45) is 0 Å². The lowest BCUT2D eigenvalue weighted by Gasteiger charge is -2.15. The molecule has 0 saturated carbocycles. The first-order valence-electron chi connectivity index (χ1n) is 8.96. The van der Waals surface area contributed by atoms with Crippen molar-refractivity contribution in [3.8, 4) is 5.75 Å². The fourth-order valence-electron chi connectivity index (χ4n) is 3.33. The number of carbonyl (C=O) groups excluding carboxylic acids is 1. The van der Waals surface area contributed by atoms with E-state index in [4.69, 9.17) is 4.74 Å². The zero-order valence-corrected chi connectivity index (χ0v) is 16.7. The van der Waals surface area contributed by atoms with E-state index in [0.29, 0.717) is 29.1 Å². The van der Waals surface area contributed by atoms with Gasteiger partial charge in [-0.2, -0.15) is 5.10 Å². The number of carbonyl (C=O) groups is 1. The second kappa shape index (κ2) is 7.34. The van der Waals surface area contributed by atoms with E-state index in [1.165, 1.54) is 7.11 Å². The van der Waals surface area contributed by atoms with Crippen molar-refractivity contribution in [3.05, 3.63) is 70.9 Å². The van der Waals surface area contributed by atoms with Crippen LogP contribution in [0.25, 0.3) is 0 Å². The maximum atomic E-state index is 13.2. The molecule has 2 aromatic carbocycles. The number of fused-ring (bicyclic) bond motifs is 1. The van der Waals surface area contributed by atoms with Gasteiger partial charge in [0.25, 0.3) is 5.91 Å². The number of H-pyrrole nitrogens is 1. The van der Waals surface area contributed by atoms with E-state index >= 15 is 0 Å². The van der Waals surface area contributed by atoms with Crippen LogP contribution < -0.4 is 15.4 Å². The van der Waals surface area contributed by atoms with Crippen molar-refractivity contribution in [2.75, 3.05) is 12.4 Å². The second-order valence-electron chi connectivity index (χ2n) is 6.77. The van der Waals surface area contributed by atoms with Crippen molar-refractivity contribution in [1.29, 1.82) is 0 Å². The van der Waals surface area contributed by atoms with Crippen molar-refractivity contribution < 1.29 is 17.9 Å². The summed E-state index contributed by atoms with van der Waals surface area (Å²) >= 11 is 0. The number of methoxy groups -OCH3 is 1. The summed E-state index contributed by atoms with van der Waals surface area (Å²) in [4.78, 5) is 12.9. The van der Waals surface area contributed by atoms with Crippen LogP contribution in [0.3, 0.4) is 0 Å². The average Bonchev–Trinajstić information content (AvgIpc) is 3.31. The number of ether oxygens (including phenoxy) is 1. The van der Waals surface area contributed by atoms with Crippen molar-refractivity contribution in [1.82, 2.24) is 15.5 Å². The monoisotopic (exact) mass is 412 g/mol. The lowest BCUT2D eigenvalue weighted by atomic mass is 10.2. The fourth-order valence-corrected chi connectivity index (χ4v) is 5.09. The number of anilines is 1. The minimum Gasteiger partial charge on any atom is -0.497 e. The van der Waals surface area contributed by atoms with Gasteiger partial charge in [0.2, 0.25) is 0 Å². The SMILES string of the molecule is COc1cccc(C(=O)Nc2n[nH]c3c2C(S(=O)(=O)c2cccc(C)c2)NC3)c1. The number of amides is 1. The summed E-state index contributed by atoms with van der Waals surface area (Å²) in [6, 6.07) is 13.4. The highest BCUT2D eigenvalue weighted by Crippen LogP contribution is 2.37. The third-order valence-electron chi connectivity index (χ3n) is 4.80. The van der Waals surface area contributed by atoms with E-state index < -0.39 is 21.1 Å². The Bertz CT molecular complexity index is 1190. The van der Waals surface area contributed by atoms with E-state index in [1.54, 1.807) is 42.5 Å². The van der Waals surface area contributed by atoms with Gasteiger partial charge in [-0.05, 0) is 42.8 Å². The molecule has 150 valence electrons. The topological polar surface area (TPSA) is 113 Å². The Labute approximate surface area is 168 Å². The van der Waals surface area contributed by atoms with Gasteiger partial charge in [0.15, 0.2) is 15.7 Å². The Kier molecular flexibility index (Phi) is 4.85. The van der Waals surface area contributed by atoms with E-state index in [9.17, 15) is 13.2 Å². The van der Waals surface area contributed by atoms with Gasteiger partial charge in [-0.3, -0.25) is 15.2 Å². The molecule has 1 aliphatic heterocycles. The highest BCUT2D eigenvalue weighted by molar-refractivity contribution is 7.91. The van der Waals surface area contributed by atoms with Crippen LogP contribution in [0.4, 0.5) is 5.82 Å². The van der Waals surface area contributed by atoms with Crippen molar-refractivity contribution >= 4 is 21.6 Å². The summed E-state index contributed by atoms with van der Waals surface area (Å²) in [5.41, 5.74) is 2.29. The first-order valence-corrected chi connectivity index (χ1v) is 10.5. The van der Waals surface area contributed by atoms with Crippen molar-refractivity contribution in [3.63, 3.8) is 0 Å². The quantitative estimate of drug-likeness (QED) is 0.594. The van der Waals surface area contributed by atoms with Gasteiger partial charge in [-0.1, -0.05) is 18.2 Å². The molecule has 1 atom stereocenters. The van der Waals surface area contributed by atoms with Crippen LogP contribution in [0.15, 0.2) is 53.4 Å². The predicted octanol–water partition coefficient (Wildman–Crippen LogP) is 2.55. The van der Waals surface area contributed by atoms with Crippen molar-refractivity contribution in [2.45, 2.75) is 23.7 Å². The van der Waals surface area contributed by atoms with E-state index in [2.05, 4.69) is 20.8 Å². The van der Waals surface area contributed by atoms with E-state index in [0.717, 1.165) is 5.56 Å². The highest BCUT2D eigenvalue weighted by Gasteiger charge is 2.39. The molecule has 0 spiro atoms. The third-order valence-corrected chi connectivity index (χ3v) is 6.74. The van der Waals surface area contributed by atoms with Gasteiger partial charge in [0.05, 0.1) is 23.3 Å². The van der Waals surface area contributed by atoms with Gasteiger partial charge >= 0.3 is 0 Å². The first kappa shape index (κ1) is 19.2. The summed E-state index contributed by atoms with van der Waals surface area (Å²) in [6.07, 6.45) is 0. The lowest BCUT2D eigenvalue weighted by molar-refractivity contribution is 0.102. The number of aromatic amines is 1. The Morgan fingerprint density at radius 3 is 2.76 bits per heavy atom. The molecule has 1 amide bonds. The van der Waals surface area contributed by atoms with Gasteiger partial charge in [-0.25, -0.2) is 8.42 Å². The maximum Gasteiger partial charge on any atom is 0.257 e. The zero-order chi connectivity index (χ0) is 20.6. The van der Waals surface area contributed by atoms with E-state index in [1.807, 2.05) is 13.0 Å². The molecule has 29 heavy (non-hydrogen) atoms. The number of hydrogen-bond donors (Lipinski definition) is 3. The molecule has 1 aromatic heterocycles. The minimum atomic E-state index is -3.72. The molecule has 0 fully saturated rings. The summed E-state index contributed by atoms with van der Waals surface area (Å²) in [5.74, 6) is 0.335. The molecule has 9 heteroatoms. The summed E-state index contributed by atoms with van der Waals surface area (Å²) in [7, 11) is -2.20. The Morgan fingerprint density at radius 1 is 1.21 bits per heavy atom. The van der Waals surface area contributed by atoms with Crippen LogP contribution in [-0.4, -0.2) is 31.6 Å². The zero-order valence-electron chi connectivity index (χ0n) is 15.9. The number of sulfone groups is 1. The number of nitrogens with zero attached hydrogens (tertiary/aromatic N) is 1. The molecular weight excluding hydrogens is 392 g/mol. The summed E-state index contributed by atoms with van der Waals surface area (Å²) in [5, 5.41) is 11.7. The number of aryl methyl sites for hydroxylation is 1. The standard InChI is InChI=1S/C20H20N4O4S/c1-12-5-3-8-15(9-12)29(26,27)20-17-16(11-21-20)23-24-18(17)22-19(25)13-6-4-7-14(10-13)28-2/h3-10,20-21H,11H2,1-2H3,(H2,22,23,24,25). The molecular formula is C20H20N4O4S. The highest BCUT2D eigenvalue weighted by atomic mass is 32.2. The molecule has 2 heterocycles. The van der Waals surface area contributed by atoms with Crippen LogP contribution in [-0.2, 0) is 16.4 Å². The minimum absolute atomic E-state index is 0.194. The molecule has 1 aliphatic rings. The number of benzene rings is 2. The second-order valence-corrected chi connectivity index (χ2v) is 8.81.